The highest BCUT2D eigenvalue weighted by Gasteiger charge is 2.27. The predicted octanol–water partition coefficient (Wildman–Crippen LogP) is 2.85. The molecule has 3 aromatic rings. The predicted molar refractivity (Wildman–Crippen MR) is 97.1 cm³/mol. The molecule has 1 aliphatic rings. The normalized spacial score (nSPS) is 15.0. The molecule has 144 valence electrons. The van der Waals surface area contributed by atoms with E-state index in [2.05, 4.69) is 15.5 Å². The molecule has 2 aromatic carbocycles. The molecule has 0 aliphatic carbocycles. The molecule has 1 N–H and O–H groups in total. The van der Waals surface area contributed by atoms with Crippen molar-refractivity contribution in [1.29, 1.82) is 0 Å². The summed E-state index contributed by atoms with van der Waals surface area (Å²) in [5, 5.41) is 10.3. The average Bonchev–Trinajstić information content (AvgIpc) is 3.21. The van der Waals surface area contributed by atoms with Crippen LogP contribution in [0.3, 0.4) is 0 Å². The number of hydrogen-bond donors (Lipinski definition) is 1. The number of carbonyl (C=O) groups is 1. The monoisotopic (exact) mass is 383 g/mol. The van der Waals surface area contributed by atoms with Gasteiger partial charge in [-0.1, -0.05) is 17.2 Å². The number of benzene rings is 2. The van der Waals surface area contributed by atoms with Gasteiger partial charge >= 0.3 is 6.01 Å². The van der Waals surface area contributed by atoms with Crippen LogP contribution in [-0.2, 0) is 0 Å². The molecule has 4 rings (SSSR count). The number of ether oxygens (including phenoxy) is 4. The van der Waals surface area contributed by atoms with E-state index >= 15 is 0 Å². The number of fused-ring (bicyclic) bond motifs is 1. The van der Waals surface area contributed by atoms with E-state index < -0.39 is 12.0 Å². The molecule has 0 fully saturated rings. The summed E-state index contributed by atoms with van der Waals surface area (Å²) in [5.41, 5.74) is 0.300. The van der Waals surface area contributed by atoms with Crippen molar-refractivity contribution in [2.24, 2.45) is 0 Å². The number of carbonyl (C=O) groups excluding carboxylic acids is 1. The van der Waals surface area contributed by atoms with Gasteiger partial charge in [0.2, 0.25) is 6.10 Å². The lowest BCUT2D eigenvalue weighted by molar-refractivity contribution is 0.0716. The lowest BCUT2D eigenvalue weighted by atomic mass is 10.2. The minimum atomic E-state index is -0.566. The van der Waals surface area contributed by atoms with Gasteiger partial charge in [0.05, 0.1) is 19.8 Å². The molecule has 0 spiro atoms. The van der Waals surface area contributed by atoms with Crippen LogP contribution in [0.25, 0.3) is 0 Å². The van der Waals surface area contributed by atoms with E-state index in [9.17, 15) is 4.79 Å². The van der Waals surface area contributed by atoms with Gasteiger partial charge in [-0.3, -0.25) is 10.1 Å². The summed E-state index contributed by atoms with van der Waals surface area (Å²) < 4.78 is 27.3. The van der Waals surface area contributed by atoms with Crippen LogP contribution in [0.15, 0.2) is 46.9 Å². The van der Waals surface area contributed by atoms with Gasteiger partial charge in [-0.2, -0.15) is 0 Å². The van der Waals surface area contributed by atoms with Gasteiger partial charge in [0.25, 0.3) is 11.8 Å². The van der Waals surface area contributed by atoms with Crippen molar-refractivity contribution in [3.05, 3.63) is 53.9 Å². The molecule has 1 aliphatic heterocycles. The third kappa shape index (κ3) is 3.41. The lowest BCUT2D eigenvalue weighted by Crippen LogP contribution is -2.21. The second kappa shape index (κ2) is 7.47. The first-order chi connectivity index (χ1) is 13.7. The van der Waals surface area contributed by atoms with Crippen LogP contribution in [0, 0.1) is 0 Å². The molecule has 1 aromatic heterocycles. The highest BCUT2D eigenvalue weighted by molar-refractivity contribution is 6.05. The van der Waals surface area contributed by atoms with Crippen molar-refractivity contribution in [3.8, 4) is 23.0 Å². The first-order valence-corrected chi connectivity index (χ1v) is 8.43. The first-order valence-electron chi connectivity index (χ1n) is 8.43. The Bertz CT molecular complexity index is 1000. The standard InChI is InChI=1S/C19H17N3O6/c1-24-11-7-8-12(15(9-11)25-2)17(23)20-19-22-21-18(28-19)16-10-26-13-5-3-4-6-14(13)27-16/h3-9,16H,10H2,1-2H3,(H,20,22,23)/t16-/m0/s1. The van der Waals surface area contributed by atoms with Crippen molar-refractivity contribution >= 4 is 11.9 Å². The van der Waals surface area contributed by atoms with Crippen LogP contribution >= 0.6 is 0 Å². The Kier molecular flexibility index (Phi) is 4.71. The van der Waals surface area contributed by atoms with Crippen LogP contribution < -0.4 is 24.3 Å². The van der Waals surface area contributed by atoms with E-state index in [0.29, 0.717) is 28.6 Å². The molecule has 0 saturated heterocycles. The fourth-order valence-electron chi connectivity index (χ4n) is 2.71. The van der Waals surface area contributed by atoms with Crippen LogP contribution in [0.4, 0.5) is 6.01 Å². The van der Waals surface area contributed by atoms with Gasteiger partial charge in [0.15, 0.2) is 11.5 Å². The quantitative estimate of drug-likeness (QED) is 0.717. The molecule has 1 amide bonds. The lowest BCUT2D eigenvalue weighted by Gasteiger charge is -2.23. The topological polar surface area (TPSA) is 105 Å². The minimum absolute atomic E-state index is 0.0553. The number of hydrogen-bond acceptors (Lipinski definition) is 8. The van der Waals surface area contributed by atoms with Gasteiger partial charge in [-0.05, 0) is 24.3 Å². The number of amides is 1. The maximum Gasteiger partial charge on any atom is 0.322 e. The summed E-state index contributed by atoms with van der Waals surface area (Å²) in [5.74, 6) is 1.91. The van der Waals surface area contributed by atoms with Gasteiger partial charge in [-0.15, -0.1) is 5.10 Å². The molecule has 0 bridgehead atoms. The molecular weight excluding hydrogens is 366 g/mol. The number of anilines is 1. The zero-order chi connectivity index (χ0) is 19.5. The Balaban J connectivity index is 1.48. The van der Waals surface area contributed by atoms with Crippen molar-refractivity contribution < 1.29 is 28.2 Å². The molecular formula is C19H17N3O6. The maximum absolute atomic E-state index is 12.5. The Hall–Kier alpha value is -3.75. The van der Waals surface area contributed by atoms with Crippen LogP contribution in [0.5, 0.6) is 23.0 Å². The highest BCUT2D eigenvalue weighted by Crippen LogP contribution is 2.35. The molecule has 0 radical (unpaired) electrons. The number of nitrogens with one attached hydrogen (secondary N) is 1. The average molecular weight is 383 g/mol. The van der Waals surface area contributed by atoms with Crippen molar-refractivity contribution in [3.63, 3.8) is 0 Å². The highest BCUT2D eigenvalue weighted by atomic mass is 16.6. The van der Waals surface area contributed by atoms with Gasteiger partial charge in [-0.25, -0.2) is 0 Å². The fraction of sp³-hybridized carbons (Fsp3) is 0.211. The van der Waals surface area contributed by atoms with E-state index in [-0.39, 0.29) is 18.5 Å². The molecule has 0 unspecified atom stereocenters. The summed E-state index contributed by atoms with van der Waals surface area (Å²) in [4.78, 5) is 12.5. The third-order valence-corrected chi connectivity index (χ3v) is 4.10. The number of nitrogens with zero attached hydrogens (tertiary/aromatic N) is 2. The summed E-state index contributed by atoms with van der Waals surface area (Å²) in [6.45, 7) is 0.221. The third-order valence-electron chi connectivity index (χ3n) is 4.10. The molecule has 9 heteroatoms. The smallest absolute Gasteiger partial charge is 0.322 e. The van der Waals surface area contributed by atoms with Gasteiger partial charge in [0.1, 0.15) is 18.1 Å². The van der Waals surface area contributed by atoms with Crippen molar-refractivity contribution in [2.45, 2.75) is 6.10 Å². The van der Waals surface area contributed by atoms with E-state index in [1.807, 2.05) is 18.2 Å². The number of rotatable bonds is 5. The molecule has 0 saturated carbocycles. The van der Waals surface area contributed by atoms with Gasteiger partial charge < -0.3 is 23.4 Å². The Morgan fingerprint density at radius 3 is 2.71 bits per heavy atom. The van der Waals surface area contributed by atoms with E-state index in [1.165, 1.54) is 14.2 Å². The number of methoxy groups -OCH3 is 2. The van der Waals surface area contributed by atoms with Crippen molar-refractivity contribution in [2.75, 3.05) is 26.1 Å². The zero-order valence-electron chi connectivity index (χ0n) is 15.2. The molecule has 28 heavy (non-hydrogen) atoms. The molecule has 2 heterocycles. The maximum atomic E-state index is 12.5. The largest absolute Gasteiger partial charge is 0.497 e. The van der Waals surface area contributed by atoms with Gasteiger partial charge in [0, 0.05) is 6.07 Å². The van der Waals surface area contributed by atoms with Crippen molar-refractivity contribution in [1.82, 2.24) is 10.2 Å². The number of aromatic nitrogens is 2. The van der Waals surface area contributed by atoms with Crippen LogP contribution in [0.1, 0.15) is 22.4 Å². The first kappa shape index (κ1) is 17.7. The Labute approximate surface area is 160 Å². The second-order valence-corrected chi connectivity index (χ2v) is 5.83. The van der Waals surface area contributed by atoms with E-state index in [1.54, 1.807) is 24.3 Å². The fourth-order valence-corrected chi connectivity index (χ4v) is 2.71. The summed E-state index contributed by atoms with van der Waals surface area (Å²) in [7, 11) is 3.00. The summed E-state index contributed by atoms with van der Waals surface area (Å²) in [6, 6.07) is 12.1. The van der Waals surface area contributed by atoms with Crippen LogP contribution in [0.2, 0.25) is 0 Å². The SMILES string of the molecule is COc1ccc(C(=O)Nc2nnc([C@@H]3COc4ccccc4O3)o2)c(OC)c1. The number of para-hydroxylation sites is 2. The molecule has 1 atom stereocenters. The van der Waals surface area contributed by atoms with E-state index in [0.717, 1.165) is 0 Å². The van der Waals surface area contributed by atoms with Crippen LogP contribution in [-0.4, -0.2) is 36.9 Å². The summed E-state index contributed by atoms with van der Waals surface area (Å²) in [6.07, 6.45) is -0.566. The Morgan fingerprint density at radius 2 is 1.93 bits per heavy atom. The Morgan fingerprint density at radius 1 is 1.11 bits per heavy atom. The van der Waals surface area contributed by atoms with E-state index in [4.69, 9.17) is 23.4 Å². The second-order valence-electron chi connectivity index (χ2n) is 5.83. The zero-order valence-corrected chi connectivity index (χ0v) is 15.2. The summed E-state index contributed by atoms with van der Waals surface area (Å²) >= 11 is 0. The molecule has 9 nitrogen and oxygen atoms in total. The minimum Gasteiger partial charge on any atom is -0.497 e.